The summed E-state index contributed by atoms with van der Waals surface area (Å²) < 4.78 is 4.95. The van der Waals surface area contributed by atoms with Gasteiger partial charge in [0.25, 0.3) is 5.69 Å². The van der Waals surface area contributed by atoms with Crippen LogP contribution in [0.3, 0.4) is 0 Å². The molecular formula is C13H14N2O4. The molecule has 0 radical (unpaired) electrons. The lowest BCUT2D eigenvalue weighted by molar-refractivity contribution is -0.385. The molecule has 0 atom stereocenters. The zero-order chi connectivity index (χ0) is 14.2. The molecule has 1 N–H and O–H groups in total. The van der Waals surface area contributed by atoms with Crippen molar-refractivity contribution in [1.82, 2.24) is 4.98 Å². The van der Waals surface area contributed by atoms with E-state index in [4.69, 9.17) is 4.74 Å². The molecule has 0 aliphatic rings. The van der Waals surface area contributed by atoms with Gasteiger partial charge in [0.05, 0.1) is 22.6 Å². The Morgan fingerprint density at radius 1 is 1.37 bits per heavy atom. The van der Waals surface area contributed by atoms with E-state index in [-0.39, 0.29) is 12.3 Å². The summed E-state index contributed by atoms with van der Waals surface area (Å²) in [7, 11) is 0. The number of aromatic amines is 1. The number of nitro groups is 1. The number of nitro benzene ring substituents is 1. The fourth-order valence-electron chi connectivity index (χ4n) is 2.13. The molecule has 6 heteroatoms. The number of ether oxygens (including phenoxy) is 1. The van der Waals surface area contributed by atoms with Gasteiger partial charge in [-0.05, 0) is 32.4 Å². The molecule has 0 bridgehead atoms. The van der Waals surface area contributed by atoms with Crippen LogP contribution in [0.2, 0.25) is 0 Å². The topological polar surface area (TPSA) is 85.2 Å². The smallest absolute Gasteiger partial charge is 0.355 e. The van der Waals surface area contributed by atoms with E-state index in [1.54, 1.807) is 26.8 Å². The zero-order valence-electron chi connectivity index (χ0n) is 10.9. The first-order valence-corrected chi connectivity index (χ1v) is 5.90. The van der Waals surface area contributed by atoms with Crippen LogP contribution in [0.4, 0.5) is 5.69 Å². The first kappa shape index (κ1) is 13.1. The van der Waals surface area contributed by atoms with Gasteiger partial charge in [-0.25, -0.2) is 4.79 Å². The largest absolute Gasteiger partial charge is 0.461 e. The molecule has 0 saturated carbocycles. The van der Waals surface area contributed by atoms with Crippen molar-refractivity contribution in [2.45, 2.75) is 20.8 Å². The van der Waals surface area contributed by atoms with E-state index in [1.165, 1.54) is 6.07 Å². The maximum atomic E-state index is 11.8. The molecule has 0 aliphatic heterocycles. The second-order valence-electron chi connectivity index (χ2n) is 4.23. The second-order valence-corrected chi connectivity index (χ2v) is 4.23. The van der Waals surface area contributed by atoms with Crippen LogP contribution in [0.25, 0.3) is 10.9 Å². The molecular weight excluding hydrogens is 248 g/mol. The van der Waals surface area contributed by atoms with E-state index in [0.29, 0.717) is 16.8 Å². The third kappa shape index (κ3) is 2.05. The Hall–Kier alpha value is -2.37. The van der Waals surface area contributed by atoms with Gasteiger partial charge in [-0.1, -0.05) is 0 Å². The fraction of sp³-hybridized carbons (Fsp3) is 0.308. The molecule has 0 unspecified atom stereocenters. The summed E-state index contributed by atoms with van der Waals surface area (Å²) in [6, 6.07) is 3.10. The molecule has 0 saturated heterocycles. The number of carbonyl (C=O) groups is 1. The number of nitrogens with one attached hydrogen (secondary N) is 1. The number of hydrogen-bond donors (Lipinski definition) is 1. The highest BCUT2D eigenvalue weighted by atomic mass is 16.6. The van der Waals surface area contributed by atoms with Crippen molar-refractivity contribution in [3.63, 3.8) is 0 Å². The van der Waals surface area contributed by atoms with Gasteiger partial charge in [0.2, 0.25) is 0 Å². The van der Waals surface area contributed by atoms with E-state index < -0.39 is 10.9 Å². The predicted octanol–water partition coefficient (Wildman–Crippen LogP) is 2.87. The number of carbonyl (C=O) groups excluding carboxylic acids is 1. The average Bonchev–Trinajstić information content (AvgIpc) is 2.68. The molecule has 0 amide bonds. The Labute approximate surface area is 109 Å². The third-order valence-corrected chi connectivity index (χ3v) is 3.14. The van der Waals surface area contributed by atoms with Crippen LogP contribution in [0.1, 0.15) is 28.5 Å². The highest BCUT2D eigenvalue weighted by Gasteiger charge is 2.20. The van der Waals surface area contributed by atoms with Gasteiger partial charge in [0.15, 0.2) is 0 Å². The number of esters is 1. The van der Waals surface area contributed by atoms with Gasteiger partial charge < -0.3 is 9.72 Å². The Kier molecular flexibility index (Phi) is 3.25. The van der Waals surface area contributed by atoms with E-state index in [0.717, 1.165) is 10.9 Å². The third-order valence-electron chi connectivity index (χ3n) is 3.14. The summed E-state index contributed by atoms with van der Waals surface area (Å²) in [6.07, 6.45) is 0. The minimum atomic E-state index is -0.446. The SMILES string of the molecule is CCOC(=O)c1[nH]c2c(C)c([N+](=O)[O-])ccc2c1C. The lowest BCUT2D eigenvalue weighted by Gasteiger charge is -1.99. The highest BCUT2D eigenvalue weighted by Crippen LogP contribution is 2.30. The van der Waals surface area contributed by atoms with Crippen molar-refractivity contribution in [2.75, 3.05) is 6.61 Å². The fourth-order valence-corrected chi connectivity index (χ4v) is 2.13. The van der Waals surface area contributed by atoms with Gasteiger partial charge in [-0.3, -0.25) is 10.1 Å². The maximum Gasteiger partial charge on any atom is 0.355 e. The molecule has 100 valence electrons. The van der Waals surface area contributed by atoms with E-state index >= 15 is 0 Å². The number of H-pyrrole nitrogens is 1. The monoisotopic (exact) mass is 262 g/mol. The molecule has 2 aromatic rings. The van der Waals surface area contributed by atoms with Gasteiger partial charge >= 0.3 is 5.97 Å². The number of aryl methyl sites for hydroxylation is 2. The van der Waals surface area contributed by atoms with Crippen molar-refractivity contribution in [3.8, 4) is 0 Å². The molecule has 1 aromatic carbocycles. The number of aromatic nitrogens is 1. The minimum absolute atomic E-state index is 0.0316. The number of nitrogens with zero attached hydrogens (tertiary/aromatic N) is 1. The van der Waals surface area contributed by atoms with Gasteiger partial charge in [-0.2, -0.15) is 0 Å². The summed E-state index contributed by atoms with van der Waals surface area (Å²) >= 11 is 0. The molecule has 6 nitrogen and oxygen atoms in total. The number of hydrogen-bond acceptors (Lipinski definition) is 4. The zero-order valence-corrected chi connectivity index (χ0v) is 10.9. The average molecular weight is 262 g/mol. The van der Waals surface area contributed by atoms with Crippen LogP contribution in [0.5, 0.6) is 0 Å². The summed E-state index contributed by atoms with van der Waals surface area (Å²) in [4.78, 5) is 25.2. The minimum Gasteiger partial charge on any atom is -0.461 e. The Balaban J connectivity index is 2.66. The van der Waals surface area contributed by atoms with E-state index in [1.807, 2.05) is 0 Å². The molecule has 1 aromatic heterocycles. The van der Waals surface area contributed by atoms with Crippen LogP contribution in [0.15, 0.2) is 12.1 Å². The van der Waals surface area contributed by atoms with Gasteiger partial charge in [-0.15, -0.1) is 0 Å². The molecule has 0 aliphatic carbocycles. The van der Waals surface area contributed by atoms with Gasteiger partial charge in [0.1, 0.15) is 5.69 Å². The maximum absolute atomic E-state index is 11.8. The summed E-state index contributed by atoms with van der Waals surface area (Å²) in [5.41, 5.74) is 2.24. The van der Waals surface area contributed by atoms with Crippen molar-refractivity contribution in [2.24, 2.45) is 0 Å². The van der Waals surface area contributed by atoms with Crippen molar-refractivity contribution >= 4 is 22.6 Å². The van der Waals surface area contributed by atoms with E-state index in [2.05, 4.69) is 4.98 Å². The summed E-state index contributed by atoms with van der Waals surface area (Å²) in [6.45, 7) is 5.46. The molecule has 0 spiro atoms. The second kappa shape index (κ2) is 4.72. The molecule has 2 rings (SSSR count). The van der Waals surface area contributed by atoms with Crippen LogP contribution < -0.4 is 0 Å². The van der Waals surface area contributed by atoms with Crippen LogP contribution >= 0.6 is 0 Å². The quantitative estimate of drug-likeness (QED) is 0.523. The summed E-state index contributed by atoms with van der Waals surface area (Å²) in [5, 5.41) is 11.7. The molecule has 1 heterocycles. The molecule has 19 heavy (non-hydrogen) atoms. The Morgan fingerprint density at radius 3 is 2.63 bits per heavy atom. The normalized spacial score (nSPS) is 10.7. The number of rotatable bonds is 3. The lowest BCUT2D eigenvalue weighted by atomic mass is 10.1. The van der Waals surface area contributed by atoms with Crippen LogP contribution in [0, 0.1) is 24.0 Å². The van der Waals surface area contributed by atoms with E-state index in [9.17, 15) is 14.9 Å². The van der Waals surface area contributed by atoms with Gasteiger partial charge in [0, 0.05) is 11.5 Å². The Bertz CT molecular complexity index is 673. The predicted molar refractivity (Wildman–Crippen MR) is 70.4 cm³/mol. The first-order chi connectivity index (χ1) is 8.97. The van der Waals surface area contributed by atoms with Crippen molar-refractivity contribution < 1.29 is 14.5 Å². The Morgan fingerprint density at radius 2 is 2.05 bits per heavy atom. The number of fused-ring (bicyclic) bond motifs is 1. The van der Waals surface area contributed by atoms with Crippen molar-refractivity contribution in [3.05, 3.63) is 39.1 Å². The highest BCUT2D eigenvalue weighted by molar-refractivity contribution is 5.99. The van der Waals surface area contributed by atoms with Crippen LogP contribution in [-0.4, -0.2) is 22.5 Å². The number of benzene rings is 1. The lowest BCUT2D eigenvalue weighted by Crippen LogP contribution is -2.06. The first-order valence-electron chi connectivity index (χ1n) is 5.90. The standard InChI is InChI=1S/C13H14N2O4/c1-4-19-13(16)12-7(2)9-5-6-10(15(17)18)8(3)11(9)14-12/h5-6,14H,4H2,1-3H3. The van der Waals surface area contributed by atoms with Crippen molar-refractivity contribution in [1.29, 1.82) is 0 Å². The summed E-state index contributed by atoms with van der Waals surface area (Å²) in [5.74, 6) is -0.446. The molecule has 0 fully saturated rings. The van der Waals surface area contributed by atoms with Crippen LogP contribution in [-0.2, 0) is 4.74 Å².